The number of halogens is 6. The summed E-state index contributed by atoms with van der Waals surface area (Å²) in [5.74, 6) is -0.781. The van der Waals surface area contributed by atoms with Gasteiger partial charge in [0.15, 0.2) is 0 Å². The number of alkyl halides is 3. The first-order valence-electron chi connectivity index (χ1n) is 10.1. The van der Waals surface area contributed by atoms with Crippen molar-refractivity contribution in [2.75, 3.05) is 0 Å². The molecule has 0 aliphatic carbocycles. The lowest BCUT2D eigenvalue weighted by molar-refractivity contribution is -0.138. The van der Waals surface area contributed by atoms with E-state index in [0.29, 0.717) is 22.1 Å². The molecule has 1 nitrogen and oxygen atoms in total. The third-order valence-electron chi connectivity index (χ3n) is 5.20. The molecule has 7 heteroatoms. The van der Waals surface area contributed by atoms with Crippen molar-refractivity contribution in [3.8, 4) is 11.5 Å². The van der Waals surface area contributed by atoms with Gasteiger partial charge in [0.25, 0.3) is 0 Å². The molecular weight excluding hydrogens is 463 g/mol. The fraction of sp³-hybridized carbons (Fsp3) is 0.280. The normalized spacial score (nSPS) is 12.8. The highest BCUT2D eigenvalue weighted by Crippen LogP contribution is 2.42. The summed E-state index contributed by atoms with van der Waals surface area (Å²) in [6, 6.07) is 14.2. The molecule has 3 aromatic carbocycles. The molecule has 0 spiro atoms. The van der Waals surface area contributed by atoms with E-state index in [1.807, 2.05) is 32.0 Å². The fourth-order valence-electron chi connectivity index (χ4n) is 3.71. The van der Waals surface area contributed by atoms with Crippen LogP contribution < -0.4 is 4.74 Å². The third kappa shape index (κ3) is 5.38. The van der Waals surface area contributed by atoms with E-state index in [-0.39, 0.29) is 17.4 Å². The predicted octanol–water partition coefficient (Wildman–Crippen LogP) is 9.41. The zero-order valence-electron chi connectivity index (χ0n) is 17.7. The fourth-order valence-corrected chi connectivity index (χ4v) is 4.13. The van der Waals surface area contributed by atoms with Crippen LogP contribution in [0.4, 0.5) is 17.6 Å². The van der Waals surface area contributed by atoms with Crippen molar-refractivity contribution in [2.24, 2.45) is 0 Å². The van der Waals surface area contributed by atoms with Gasteiger partial charge < -0.3 is 4.74 Å². The summed E-state index contributed by atoms with van der Waals surface area (Å²) < 4.78 is 61.7. The summed E-state index contributed by atoms with van der Waals surface area (Å²) in [6.07, 6.45) is -4.64. The van der Waals surface area contributed by atoms with Crippen LogP contribution in [0.3, 0.4) is 0 Å². The molecule has 3 rings (SSSR count). The Balaban J connectivity index is 2.11. The van der Waals surface area contributed by atoms with E-state index < -0.39 is 29.0 Å². The second-order valence-corrected chi connectivity index (χ2v) is 8.82. The SMILES string of the molecule is CC(C)c1cc(Cl)cc(CC(C)c2c(C(F)(F)F)ccc(Cl)c2F)c1Oc1ccccc1. The van der Waals surface area contributed by atoms with Crippen LogP contribution in [0, 0.1) is 5.82 Å². The number of hydrogen-bond donors (Lipinski definition) is 0. The first-order chi connectivity index (χ1) is 15.0. The summed E-state index contributed by atoms with van der Waals surface area (Å²) in [6.45, 7) is 5.47. The van der Waals surface area contributed by atoms with Crippen molar-refractivity contribution in [1.29, 1.82) is 0 Å². The largest absolute Gasteiger partial charge is 0.457 e. The number of ether oxygens (including phenoxy) is 1. The zero-order chi connectivity index (χ0) is 23.6. The van der Waals surface area contributed by atoms with Crippen molar-refractivity contribution < 1.29 is 22.3 Å². The van der Waals surface area contributed by atoms with Gasteiger partial charge in [0, 0.05) is 10.6 Å². The van der Waals surface area contributed by atoms with E-state index in [1.54, 1.807) is 24.3 Å². The minimum atomic E-state index is -4.71. The Bertz CT molecular complexity index is 1100. The first kappa shape index (κ1) is 24.4. The lowest BCUT2D eigenvalue weighted by Gasteiger charge is -2.23. The molecular formula is C25H22Cl2F4O. The molecule has 0 aliphatic rings. The molecule has 0 bridgehead atoms. The summed E-state index contributed by atoms with van der Waals surface area (Å²) in [5.41, 5.74) is -0.110. The van der Waals surface area contributed by atoms with Gasteiger partial charge in [-0.25, -0.2) is 4.39 Å². The van der Waals surface area contributed by atoms with Gasteiger partial charge in [-0.2, -0.15) is 13.2 Å². The van der Waals surface area contributed by atoms with Crippen molar-refractivity contribution in [2.45, 2.75) is 45.2 Å². The summed E-state index contributed by atoms with van der Waals surface area (Å²) in [7, 11) is 0. The van der Waals surface area contributed by atoms with Crippen molar-refractivity contribution in [1.82, 2.24) is 0 Å². The molecule has 0 aliphatic heterocycles. The Morgan fingerprint density at radius 1 is 0.938 bits per heavy atom. The molecule has 32 heavy (non-hydrogen) atoms. The van der Waals surface area contributed by atoms with Gasteiger partial charge in [0.2, 0.25) is 0 Å². The molecule has 1 atom stereocenters. The predicted molar refractivity (Wildman–Crippen MR) is 121 cm³/mol. The second-order valence-electron chi connectivity index (χ2n) is 7.98. The molecule has 0 aromatic heterocycles. The average Bonchev–Trinajstić information content (AvgIpc) is 2.71. The number of para-hydroxylation sites is 1. The standard InChI is InChI=1S/C25H22Cl2F4O/c1-14(2)19-13-17(26)12-16(24(19)32-18-7-5-4-6-8-18)11-15(3)22-20(25(29,30)31)9-10-21(27)23(22)28/h4-10,12-15H,11H2,1-3H3. The Hall–Kier alpha value is -2.24. The van der Waals surface area contributed by atoms with E-state index in [9.17, 15) is 17.6 Å². The van der Waals surface area contributed by atoms with Crippen LogP contribution in [-0.4, -0.2) is 0 Å². The van der Waals surface area contributed by atoms with Crippen LogP contribution in [0.15, 0.2) is 54.6 Å². The first-order valence-corrected chi connectivity index (χ1v) is 10.8. The maximum absolute atomic E-state index is 14.8. The molecule has 0 heterocycles. The van der Waals surface area contributed by atoms with Crippen LogP contribution in [0.2, 0.25) is 10.0 Å². The van der Waals surface area contributed by atoms with E-state index in [1.165, 1.54) is 6.92 Å². The van der Waals surface area contributed by atoms with Crippen molar-refractivity contribution in [3.05, 3.63) is 92.7 Å². The maximum atomic E-state index is 14.8. The zero-order valence-corrected chi connectivity index (χ0v) is 19.2. The van der Waals surface area contributed by atoms with Crippen molar-refractivity contribution >= 4 is 23.2 Å². The Kier molecular flexibility index (Phi) is 7.41. The quantitative estimate of drug-likeness (QED) is 0.316. The van der Waals surface area contributed by atoms with Gasteiger partial charge in [-0.3, -0.25) is 0 Å². The number of hydrogen-bond acceptors (Lipinski definition) is 1. The summed E-state index contributed by atoms with van der Waals surface area (Å²) in [5, 5.41) is 0.0773. The third-order valence-corrected chi connectivity index (χ3v) is 5.71. The van der Waals surface area contributed by atoms with Crippen LogP contribution in [0.25, 0.3) is 0 Å². The van der Waals surface area contributed by atoms with Crippen LogP contribution in [-0.2, 0) is 12.6 Å². The van der Waals surface area contributed by atoms with E-state index in [4.69, 9.17) is 27.9 Å². The van der Waals surface area contributed by atoms with Gasteiger partial charge in [-0.1, -0.05) is 62.2 Å². The van der Waals surface area contributed by atoms with Gasteiger partial charge in [0.1, 0.15) is 17.3 Å². The minimum absolute atomic E-state index is 0.0371. The molecule has 0 saturated heterocycles. The maximum Gasteiger partial charge on any atom is 0.416 e. The van der Waals surface area contributed by atoms with E-state index >= 15 is 0 Å². The lowest BCUT2D eigenvalue weighted by Crippen LogP contribution is -2.15. The van der Waals surface area contributed by atoms with E-state index in [0.717, 1.165) is 17.7 Å². The Morgan fingerprint density at radius 3 is 2.19 bits per heavy atom. The summed E-state index contributed by atoms with van der Waals surface area (Å²) >= 11 is 12.2. The molecule has 0 amide bonds. The topological polar surface area (TPSA) is 9.23 Å². The highest BCUT2D eigenvalue weighted by atomic mass is 35.5. The highest BCUT2D eigenvalue weighted by molar-refractivity contribution is 6.31. The second kappa shape index (κ2) is 9.72. The van der Waals surface area contributed by atoms with Crippen LogP contribution in [0.1, 0.15) is 54.9 Å². The molecule has 0 N–H and O–H groups in total. The lowest BCUT2D eigenvalue weighted by atomic mass is 9.87. The van der Waals surface area contributed by atoms with Crippen LogP contribution in [0.5, 0.6) is 11.5 Å². The van der Waals surface area contributed by atoms with Crippen LogP contribution >= 0.6 is 23.2 Å². The molecule has 0 radical (unpaired) electrons. The molecule has 170 valence electrons. The molecule has 0 saturated carbocycles. The minimum Gasteiger partial charge on any atom is -0.457 e. The van der Waals surface area contributed by atoms with Gasteiger partial charge in [-0.05, 0) is 65.8 Å². The number of rotatable bonds is 6. The highest BCUT2D eigenvalue weighted by Gasteiger charge is 2.37. The summed E-state index contributed by atoms with van der Waals surface area (Å²) in [4.78, 5) is 0. The van der Waals surface area contributed by atoms with Gasteiger partial charge in [-0.15, -0.1) is 0 Å². The smallest absolute Gasteiger partial charge is 0.416 e. The molecule has 0 fully saturated rings. The molecule has 1 unspecified atom stereocenters. The molecule has 3 aromatic rings. The van der Waals surface area contributed by atoms with E-state index in [2.05, 4.69) is 0 Å². The Labute approximate surface area is 194 Å². The van der Waals surface area contributed by atoms with Crippen molar-refractivity contribution in [3.63, 3.8) is 0 Å². The van der Waals surface area contributed by atoms with Gasteiger partial charge >= 0.3 is 6.18 Å². The monoisotopic (exact) mass is 484 g/mol. The number of benzene rings is 3. The average molecular weight is 485 g/mol. The Morgan fingerprint density at radius 2 is 1.59 bits per heavy atom. The van der Waals surface area contributed by atoms with Gasteiger partial charge in [0.05, 0.1) is 10.6 Å².